The van der Waals surface area contributed by atoms with Crippen molar-refractivity contribution in [3.8, 4) is 0 Å². The van der Waals surface area contributed by atoms with Gasteiger partial charge >= 0.3 is 0 Å². The van der Waals surface area contributed by atoms with E-state index in [1.807, 2.05) is 12.1 Å². The average Bonchev–Trinajstić information content (AvgIpc) is 3.11. The second-order valence-corrected chi connectivity index (χ2v) is 8.68. The topological polar surface area (TPSA) is 17.0 Å². The van der Waals surface area contributed by atoms with Crippen LogP contribution in [0.5, 0.6) is 0 Å². The molecule has 3 aromatic carbocycles. The molecule has 0 spiro atoms. The molecule has 0 unspecified atom stereocenters. The summed E-state index contributed by atoms with van der Waals surface area (Å²) >= 11 is 12.5. The van der Waals surface area contributed by atoms with Crippen LogP contribution in [-0.2, 0) is 19.5 Å². The first-order valence-electron chi connectivity index (χ1n) is 10.4. The van der Waals surface area contributed by atoms with Crippen LogP contribution in [-0.4, -0.2) is 10.6 Å². The van der Waals surface area contributed by atoms with E-state index < -0.39 is 0 Å². The van der Waals surface area contributed by atoms with Gasteiger partial charge in [0, 0.05) is 46.3 Å². The van der Waals surface area contributed by atoms with Crippen molar-refractivity contribution in [2.45, 2.75) is 38.9 Å². The maximum atomic E-state index is 6.42. The zero-order valence-corrected chi connectivity index (χ0v) is 18.6. The highest BCUT2D eigenvalue weighted by molar-refractivity contribution is 6.35. The summed E-state index contributed by atoms with van der Waals surface area (Å²) in [5.41, 5.74) is 4.99. The van der Waals surface area contributed by atoms with Crippen LogP contribution in [0.25, 0.3) is 10.9 Å². The Morgan fingerprint density at radius 1 is 0.900 bits per heavy atom. The largest absolute Gasteiger partial charge is 0.343 e. The smallest absolute Gasteiger partial charge is 0.0491 e. The quantitative estimate of drug-likeness (QED) is 0.311. The summed E-state index contributed by atoms with van der Waals surface area (Å²) in [4.78, 5) is 0. The number of fused-ring (bicyclic) bond motifs is 1. The van der Waals surface area contributed by atoms with E-state index in [0.29, 0.717) is 16.1 Å². The summed E-state index contributed by atoms with van der Waals surface area (Å²) < 4.78 is 2.27. The lowest BCUT2D eigenvalue weighted by atomic mass is 10.1. The summed E-state index contributed by atoms with van der Waals surface area (Å²) in [7, 11) is 0. The SMILES string of the molecule is C[C@@H](CCc1ccccc1)NCc1cn(Cc2ccc(Cl)cc2Cl)c2ccccc12. The van der Waals surface area contributed by atoms with E-state index in [1.165, 1.54) is 22.0 Å². The Bertz CT molecular complexity index is 1120. The fourth-order valence-corrected chi connectivity index (χ4v) is 4.31. The van der Waals surface area contributed by atoms with Crippen LogP contribution in [0, 0.1) is 0 Å². The molecule has 4 rings (SSSR count). The first-order chi connectivity index (χ1) is 14.6. The van der Waals surface area contributed by atoms with Crippen molar-refractivity contribution >= 4 is 34.1 Å². The van der Waals surface area contributed by atoms with Gasteiger partial charge in [-0.1, -0.05) is 77.8 Å². The Morgan fingerprint density at radius 2 is 1.67 bits per heavy atom. The zero-order chi connectivity index (χ0) is 20.9. The third-order valence-corrected chi connectivity index (χ3v) is 6.16. The minimum atomic E-state index is 0.443. The number of hydrogen-bond acceptors (Lipinski definition) is 1. The van der Waals surface area contributed by atoms with Gasteiger partial charge in [0.25, 0.3) is 0 Å². The molecule has 0 amide bonds. The van der Waals surface area contributed by atoms with Gasteiger partial charge in [-0.25, -0.2) is 0 Å². The van der Waals surface area contributed by atoms with Gasteiger partial charge in [-0.05, 0) is 54.7 Å². The van der Waals surface area contributed by atoms with Gasteiger partial charge in [0.15, 0.2) is 0 Å². The van der Waals surface area contributed by atoms with Crippen molar-refractivity contribution in [2.24, 2.45) is 0 Å². The molecule has 0 aliphatic carbocycles. The molecule has 30 heavy (non-hydrogen) atoms. The molecule has 0 aliphatic heterocycles. The van der Waals surface area contributed by atoms with Gasteiger partial charge in [0.2, 0.25) is 0 Å². The van der Waals surface area contributed by atoms with Crippen LogP contribution in [0.15, 0.2) is 79.0 Å². The van der Waals surface area contributed by atoms with Gasteiger partial charge in [-0.15, -0.1) is 0 Å². The number of rotatable bonds is 8. The van der Waals surface area contributed by atoms with Gasteiger partial charge in [-0.3, -0.25) is 0 Å². The highest BCUT2D eigenvalue weighted by Gasteiger charge is 2.11. The van der Waals surface area contributed by atoms with Crippen LogP contribution in [0.1, 0.15) is 30.0 Å². The first kappa shape index (κ1) is 21.0. The molecular weight excluding hydrogens is 411 g/mol. The Balaban J connectivity index is 1.46. The number of nitrogens with one attached hydrogen (secondary N) is 1. The molecule has 0 saturated carbocycles. The second kappa shape index (κ2) is 9.70. The van der Waals surface area contributed by atoms with Crippen molar-refractivity contribution in [1.82, 2.24) is 9.88 Å². The van der Waals surface area contributed by atoms with Crippen molar-refractivity contribution in [3.05, 3.63) is 106 Å². The van der Waals surface area contributed by atoms with Gasteiger partial charge < -0.3 is 9.88 Å². The van der Waals surface area contributed by atoms with Crippen molar-refractivity contribution in [1.29, 1.82) is 0 Å². The van der Waals surface area contributed by atoms with E-state index in [0.717, 1.165) is 31.5 Å². The van der Waals surface area contributed by atoms with E-state index in [-0.39, 0.29) is 0 Å². The molecular formula is C26H26Cl2N2. The van der Waals surface area contributed by atoms with Crippen molar-refractivity contribution < 1.29 is 0 Å². The number of para-hydroxylation sites is 1. The number of aryl methyl sites for hydroxylation is 1. The van der Waals surface area contributed by atoms with Crippen LogP contribution in [0.4, 0.5) is 0 Å². The Kier molecular flexibility index (Phi) is 6.79. The lowest BCUT2D eigenvalue weighted by Crippen LogP contribution is -2.25. The second-order valence-electron chi connectivity index (χ2n) is 7.84. The lowest BCUT2D eigenvalue weighted by Gasteiger charge is -2.13. The van der Waals surface area contributed by atoms with Crippen molar-refractivity contribution in [3.63, 3.8) is 0 Å². The lowest BCUT2D eigenvalue weighted by molar-refractivity contribution is 0.514. The number of aromatic nitrogens is 1. The molecule has 0 bridgehead atoms. The molecule has 4 aromatic rings. The molecule has 0 fully saturated rings. The van der Waals surface area contributed by atoms with Crippen molar-refractivity contribution in [2.75, 3.05) is 0 Å². The fraction of sp³-hybridized carbons (Fsp3) is 0.231. The average molecular weight is 437 g/mol. The normalized spacial score (nSPS) is 12.4. The third-order valence-electron chi connectivity index (χ3n) is 5.58. The van der Waals surface area contributed by atoms with E-state index in [1.54, 1.807) is 6.07 Å². The number of hydrogen-bond donors (Lipinski definition) is 1. The van der Waals surface area contributed by atoms with Gasteiger partial charge in [-0.2, -0.15) is 0 Å². The number of nitrogens with zero attached hydrogens (tertiary/aromatic N) is 1. The van der Waals surface area contributed by atoms with Gasteiger partial charge in [0.05, 0.1) is 0 Å². The minimum absolute atomic E-state index is 0.443. The first-order valence-corrected chi connectivity index (χ1v) is 11.1. The molecule has 154 valence electrons. The van der Waals surface area contributed by atoms with Gasteiger partial charge in [0.1, 0.15) is 0 Å². The minimum Gasteiger partial charge on any atom is -0.343 e. The van der Waals surface area contributed by atoms with E-state index >= 15 is 0 Å². The zero-order valence-electron chi connectivity index (χ0n) is 17.1. The number of halogens is 2. The molecule has 0 aliphatic rings. The molecule has 1 atom stereocenters. The summed E-state index contributed by atoms with van der Waals surface area (Å²) in [6.45, 7) is 3.83. The Labute approximate surface area is 188 Å². The fourth-order valence-electron chi connectivity index (χ4n) is 3.84. The monoisotopic (exact) mass is 436 g/mol. The molecule has 4 heteroatoms. The maximum absolute atomic E-state index is 6.42. The summed E-state index contributed by atoms with van der Waals surface area (Å²) in [6, 6.07) is 25.4. The Morgan fingerprint density at radius 3 is 2.47 bits per heavy atom. The maximum Gasteiger partial charge on any atom is 0.0491 e. The molecule has 1 N–H and O–H groups in total. The summed E-state index contributed by atoms with van der Waals surface area (Å²) in [5.74, 6) is 0. The molecule has 2 nitrogen and oxygen atoms in total. The van der Waals surface area contributed by atoms with E-state index in [2.05, 4.69) is 77.6 Å². The molecule has 0 radical (unpaired) electrons. The third kappa shape index (κ3) is 5.07. The summed E-state index contributed by atoms with van der Waals surface area (Å²) in [6.07, 6.45) is 4.45. The molecule has 1 heterocycles. The highest BCUT2D eigenvalue weighted by Crippen LogP contribution is 2.26. The standard InChI is InChI=1S/C26H26Cl2N2/c1-19(11-12-20-7-3-2-4-8-20)29-16-22-18-30(26-10-6-5-9-24(22)26)17-21-13-14-23(27)15-25(21)28/h2-10,13-15,18-19,29H,11-12,16-17H2,1H3/t19-/m0/s1. The van der Waals surface area contributed by atoms with Crippen LogP contribution in [0.2, 0.25) is 10.0 Å². The van der Waals surface area contributed by atoms with E-state index in [4.69, 9.17) is 23.2 Å². The van der Waals surface area contributed by atoms with Crippen LogP contribution < -0.4 is 5.32 Å². The molecule has 1 aromatic heterocycles. The molecule has 0 saturated heterocycles. The Hall–Kier alpha value is -2.26. The number of benzene rings is 3. The van der Waals surface area contributed by atoms with Crippen LogP contribution in [0.3, 0.4) is 0 Å². The highest BCUT2D eigenvalue weighted by atomic mass is 35.5. The van der Waals surface area contributed by atoms with E-state index in [9.17, 15) is 0 Å². The predicted octanol–water partition coefficient (Wildman–Crippen LogP) is 7.11. The predicted molar refractivity (Wildman–Crippen MR) is 129 cm³/mol. The summed E-state index contributed by atoms with van der Waals surface area (Å²) in [5, 5.41) is 6.35. The van der Waals surface area contributed by atoms with Crippen LogP contribution >= 0.6 is 23.2 Å².